The molecule has 0 radical (unpaired) electrons. The van der Waals surface area contributed by atoms with Gasteiger partial charge in [-0.15, -0.1) is 0 Å². The molecular weight excluding hydrogens is 190 g/mol. The highest BCUT2D eigenvalue weighted by Gasteiger charge is 2.15. The van der Waals surface area contributed by atoms with Crippen molar-refractivity contribution >= 4 is 16.9 Å². The van der Waals surface area contributed by atoms with Gasteiger partial charge in [0.1, 0.15) is 0 Å². The van der Waals surface area contributed by atoms with Crippen LogP contribution in [-0.2, 0) is 6.42 Å². The topological polar surface area (TPSA) is 53.1 Å². The Labute approximate surface area is 87.7 Å². The van der Waals surface area contributed by atoms with E-state index in [0.717, 1.165) is 22.2 Å². The van der Waals surface area contributed by atoms with Crippen LogP contribution in [0.4, 0.5) is 0 Å². The number of aromatic amines is 1. The number of aromatic carboxylic acids is 1. The molecule has 0 spiro atoms. The summed E-state index contributed by atoms with van der Waals surface area (Å²) in [4.78, 5) is 14.3. The van der Waals surface area contributed by atoms with Gasteiger partial charge in [0.15, 0.2) is 0 Å². The molecule has 0 amide bonds. The van der Waals surface area contributed by atoms with E-state index in [1.807, 2.05) is 32.0 Å². The number of carboxylic acid groups (broad SMARTS) is 1. The van der Waals surface area contributed by atoms with Gasteiger partial charge >= 0.3 is 5.97 Å². The third-order valence-electron chi connectivity index (χ3n) is 2.60. The Morgan fingerprint density at radius 3 is 2.80 bits per heavy atom. The second-order valence-corrected chi connectivity index (χ2v) is 3.69. The van der Waals surface area contributed by atoms with Gasteiger partial charge in [0.05, 0.1) is 5.56 Å². The first kappa shape index (κ1) is 9.77. The quantitative estimate of drug-likeness (QED) is 0.788. The average Bonchev–Trinajstić information content (AvgIpc) is 2.55. The molecule has 0 aliphatic rings. The van der Waals surface area contributed by atoms with Crippen LogP contribution in [0, 0.1) is 6.92 Å². The van der Waals surface area contributed by atoms with E-state index in [9.17, 15) is 4.79 Å². The molecule has 0 fully saturated rings. The minimum Gasteiger partial charge on any atom is -0.478 e. The summed E-state index contributed by atoms with van der Waals surface area (Å²) in [6, 6.07) is 5.81. The largest absolute Gasteiger partial charge is 0.478 e. The molecule has 0 atom stereocenters. The summed E-state index contributed by atoms with van der Waals surface area (Å²) in [5, 5.41) is 9.96. The van der Waals surface area contributed by atoms with Crippen molar-refractivity contribution < 1.29 is 9.90 Å². The lowest BCUT2D eigenvalue weighted by atomic mass is 10.1. The summed E-state index contributed by atoms with van der Waals surface area (Å²) in [6.45, 7) is 3.91. The molecule has 15 heavy (non-hydrogen) atoms. The molecule has 1 aromatic heterocycles. The number of aryl methyl sites for hydroxylation is 2. The molecule has 2 N–H and O–H groups in total. The molecule has 0 unspecified atom stereocenters. The van der Waals surface area contributed by atoms with E-state index in [2.05, 4.69) is 4.98 Å². The Morgan fingerprint density at radius 1 is 1.47 bits per heavy atom. The smallest absolute Gasteiger partial charge is 0.338 e. The molecule has 2 rings (SSSR count). The van der Waals surface area contributed by atoms with Gasteiger partial charge in [-0.05, 0) is 25.5 Å². The van der Waals surface area contributed by atoms with Crippen molar-refractivity contribution in [2.75, 3.05) is 0 Å². The zero-order valence-electron chi connectivity index (χ0n) is 8.79. The lowest BCUT2D eigenvalue weighted by Crippen LogP contribution is -1.99. The fourth-order valence-electron chi connectivity index (χ4n) is 1.87. The van der Waals surface area contributed by atoms with E-state index >= 15 is 0 Å². The van der Waals surface area contributed by atoms with Crippen LogP contribution < -0.4 is 0 Å². The zero-order chi connectivity index (χ0) is 11.0. The molecule has 3 heteroatoms. The SMILES string of the molecule is CCc1[nH]c2ccc(C)cc2c1C(=O)O. The normalized spacial score (nSPS) is 10.8. The summed E-state index contributed by atoms with van der Waals surface area (Å²) in [7, 11) is 0. The van der Waals surface area contributed by atoms with Crippen LogP contribution in [0.3, 0.4) is 0 Å². The predicted octanol–water partition coefficient (Wildman–Crippen LogP) is 2.74. The van der Waals surface area contributed by atoms with Crippen molar-refractivity contribution in [2.45, 2.75) is 20.3 Å². The van der Waals surface area contributed by atoms with Gasteiger partial charge in [0, 0.05) is 16.6 Å². The number of hydrogen-bond acceptors (Lipinski definition) is 1. The number of aromatic nitrogens is 1. The van der Waals surface area contributed by atoms with Crippen molar-refractivity contribution in [2.24, 2.45) is 0 Å². The Bertz CT molecular complexity index is 526. The number of nitrogens with one attached hydrogen (secondary N) is 1. The van der Waals surface area contributed by atoms with Gasteiger partial charge < -0.3 is 10.1 Å². The van der Waals surface area contributed by atoms with Crippen LogP contribution in [-0.4, -0.2) is 16.1 Å². The number of carbonyl (C=O) groups is 1. The third kappa shape index (κ3) is 1.50. The molecule has 1 heterocycles. The summed E-state index contributed by atoms with van der Waals surface area (Å²) < 4.78 is 0. The van der Waals surface area contributed by atoms with Gasteiger partial charge in [0.2, 0.25) is 0 Å². The minimum absolute atomic E-state index is 0.413. The number of fused-ring (bicyclic) bond motifs is 1. The molecule has 2 aromatic rings. The van der Waals surface area contributed by atoms with E-state index in [1.165, 1.54) is 0 Å². The zero-order valence-corrected chi connectivity index (χ0v) is 8.79. The van der Waals surface area contributed by atoms with E-state index in [0.29, 0.717) is 12.0 Å². The molecule has 78 valence electrons. The summed E-state index contributed by atoms with van der Waals surface area (Å²) >= 11 is 0. The Hall–Kier alpha value is -1.77. The maximum absolute atomic E-state index is 11.1. The van der Waals surface area contributed by atoms with Crippen LogP contribution in [0.15, 0.2) is 18.2 Å². The fourth-order valence-corrected chi connectivity index (χ4v) is 1.87. The van der Waals surface area contributed by atoms with Crippen LogP contribution in [0.2, 0.25) is 0 Å². The molecule has 0 saturated heterocycles. The Morgan fingerprint density at radius 2 is 2.20 bits per heavy atom. The highest BCUT2D eigenvalue weighted by atomic mass is 16.4. The van der Waals surface area contributed by atoms with Crippen molar-refractivity contribution in [3.63, 3.8) is 0 Å². The van der Waals surface area contributed by atoms with Crippen LogP contribution in [0.5, 0.6) is 0 Å². The summed E-state index contributed by atoms with van der Waals surface area (Å²) in [5.74, 6) is -0.858. The van der Waals surface area contributed by atoms with Crippen LogP contribution in [0.25, 0.3) is 10.9 Å². The van der Waals surface area contributed by atoms with E-state index < -0.39 is 5.97 Å². The molecule has 0 saturated carbocycles. The highest BCUT2D eigenvalue weighted by Crippen LogP contribution is 2.23. The molecular formula is C12H13NO2. The van der Waals surface area contributed by atoms with Crippen molar-refractivity contribution in [3.05, 3.63) is 35.0 Å². The minimum atomic E-state index is -0.858. The summed E-state index contributed by atoms with van der Waals surface area (Å²) in [5.41, 5.74) is 3.18. The van der Waals surface area contributed by atoms with Crippen molar-refractivity contribution in [3.8, 4) is 0 Å². The average molecular weight is 203 g/mol. The molecule has 0 aliphatic heterocycles. The number of benzene rings is 1. The van der Waals surface area contributed by atoms with Crippen molar-refractivity contribution in [1.29, 1.82) is 0 Å². The Balaban J connectivity index is 2.82. The van der Waals surface area contributed by atoms with Gasteiger partial charge in [-0.3, -0.25) is 0 Å². The first-order chi connectivity index (χ1) is 7.13. The predicted molar refractivity (Wildman–Crippen MR) is 59.4 cm³/mol. The van der Waals surface area contributed by atoms with Crippen LogP contribution in [0.1, 0.15) is 28.5 Å². The molecule has 3 nitrogen and oxygen atoms in total. The summed E-state index contributed by atoms with van der Waals surface area (Å²) in [6.07, 6.45) is 0.704. The van der Waals surface area contributed by atoms with E-state index in [-0.39, 0.29) is 0 Å². The van der Waals surface area contributed by atoms with Gasteiger partial charge in [-0.2, -0.15) is 0 Å². The fraction of sp³-hybridized carbons (Fsp3) is 0.250. The Kier molecular flexibility index (Phi) is 2.23. The first-order valence-corrected chi connectivity index (χ1v) is 4.98. The number of hydrogen-bond donors (Lipinski definition) is 2. The second-order valence-electron chi connectivity index (χ2n) is 3.69. The van der Waals surface area contributed by atoms with E-state index in [4.69, 9.17) is 5.11 Å². The maximum atomic E-state index is 11.1. The van der Waals surface area contributed by atoms with Crippen LogP contribution >= 0.6 is 0 Å². The monoisotopic (exact) mass is 203 g/mol. The van der Waals surface area contributed by atoms with Gasteiger partial charge in [-0.25, -0.2) is 4.79 Å². The number of H-pyrrole nitrogens is 1. The lowest BCUT2D eigenvalue weighted by molar-refractivity contribution is 0.0698. The molecule has 0 bridgehead atoms. The number of carboxylic acids is 1. The third-order valence-corrected chi connectivity index (χ3v) is 2.60. The molecule has 1 aromatic carbocycles. The lowest BCUT2D eigenvalue weighted by Gasteiger charge is -1.96. The van der Waals surface area contributed by atoms with E-state index in [1.54, 1.807) is 0 Å². The van der Waals surface area contributed by atoms with Gasteiger partial charge in [-0.1, -0.05) is 18.6 Å². The number of rotatable bonds is 2. The standard InChI is InChI=1S/C12H13NO2/c1-3-9-11(12(14)15)8-6-7(2)4-5-10(8)13-9/h4-6,13H,3H2,1-2H3,(H,14,15). The maximum Gasteiger partial charge on any atom is 0.338 e. The second kappa shape index (κ2) is 3.42. The van der Waals surface area contributed by atoms with Crippen molar-refractivity contribution in [1.82, 2.24) is 4.98 Å². The van der Waals surface area contributed by atoms with Gasteiger partial charge in [0.25, 0.3) is 0 Å². The highest BCUT2D eigenvalue weighted by molar-refractivity contribution is 6.04. The first-order valence-electron chi connectivity index (χ1n) is 4.98. The molecule has 0 aliphatic carbocycles.